The van der Waals surface area contributed by atoms with Gasteiger partial charge in [-0.25, -0.2) is 8.42 Å². The fourth-order valence-corrected chi connectivity index (χ4v) is 3.66. The molecule has 8 nitrogen and oxygen atoms in total. The van der Waals surface area contributed by atoms with E-state index in [1.165, 1.54) is 11.0 Å². The van der Waals surface area contributed by atoms with Gasteiger partial charge in [-0.3, -0.25) is 9.59 Å². The van der Waals surface area contributed by atoms with Crippen LogP contribution in [0.2, 0.25) is 0 Å². The molecule has 1 aliphatic heterocycles. The van der Waals surface area contributed by atoms with E-state index in [4.69, 9.17) is 9.63 Å². The number of nitrogens with zero attached hydrogens (tertiary/aromatic N) is 2. The highest BCUT2D eigenvalue weighted by Gasteiger charge is 2.36. The molecule has 1 N–H and O–H groups in total. The summed E-state index contributed by atoms with van der Waals surface area (Å²) in [4.78, 5) is 24.3. The molecular weight excluding hydrogens is 288 g/mol. The molecule has 1 fully saturated rings. The molecular formula is C11H14N2O6S. The lowest BCUT2D eigenvalue weighted by Crippen LogP contribution is -2.52. The summed E-state index contributed by atoms with van der Waals surface area (Å²) in [7, 11) is -3.32. The molecule has 0 bridgehead atoms. The van der Waals surface area contributed by atoms with E-state index in [0.717, 1.165) is 0 Å². The average molecular weight is 302 g/mol. The van der Waals surface area contributed by atoms with E-state index >= 15 is 0 Å². The number of rotatable bonds is 3. The molecule has 20 heavy (non-hydrogen) atoms. The van der Waals surface area contributed by atoms with Gasteiger partial charge in [0.2, 0.25) is 0 Å². The van der Waals surface area contributed by atoms with Crippen molar-refractivity contribution in [2.75, 3.05) is 18.1 Å². The number of hydrogen-bond acceptors (Lipinski definition) is 6. The smallest absolute Gasteiger partial charge is 0.305 e. The number of sulfone groups is 1. The highest BCUT2D eigenvalue weighted by atomic mass is 32.2. The predicted molar refractivity (Wildman–Crippen MR) is 67.0 cm³/mol. The lowest BCUT2D eigenvalue weighted by atomic mass is 10.2. The first-order valence-electron chi connectivity index (χ1n) is 5.95. The molecule has 1 saturated heterocycles. The Labute approximate surface area is 115 Å². The third-order valence-electron chi connectivity index (χ3n) is 3.05. The zero-order valence-electron chi connectivity index (χ0n) is 10.8. The molecule has 1 aliphatic rings. The zero-order chi connectivity index (χ0) is 14.9. The highest BCUT2D eigenvalue weighted by molar-refractivity contribution is 7.91. The van der Waals surface area contributed by atoms with E-state index in [-0.39, 0.29) is 23.7 Å². The average Bonchev–Trinajstić information content (AvgIpc) is 2.73. The molecule has 2 rings (SSSR count). The number of carbonyl (C=O) groups is 2. The Hall–Kier alpha value is -1.90. The van der Waals surface area contributed by atoms with Crippen LogP contribution in [0.25, 0.3) is 0 Å². The van der Waals surface area contributed by atoms with Crippen LogP contribution in [-0.2, 0) is 14.6 Å². The van der Waals surface area contributed by atoms with Crippen LogP contribution >= 0.6 is 0 Å². The fourth-order valence-electron chi connectivity index (χ4n) is 2.14. The first-order chi connectivity index (χ1) is 9.28. The van der Waals surface area contributed by atoms with Gasteiger partial charge in [0, 0.05) is 12.6 Å². The van der Waals surface area contributed by atoms with Crippen LogP contribution in [0, 0.1) is 6.92 Å². The number of amides is 1. The zero-order valence-corrected chi connectivity index (χ0v) is 11.6. The Bertz CT molecular complexity index is 635. The van der Waals surface area contributed by atoms with Gasteiger partial charge in [-0.05, 0) is 6.92 Å². The largest absolute Gasteiger partial charge is 0.481 e. The highest BCUT2D eigenvalue weighted by Crippen LogP contribution is 2.18. The van der Waals surface area contributed by atoms with Crippen LogP contribution in [0.5, 0.6) is 0 Å². The molecule has 1 unspecified atom stereocenters. The standard InChI is InChI=1S/C11H14N2O6S/c1-7-4-9(12-19-7)11(16)13-2-3-20(17,18)6-8(13)5-10(14)15/h4,8H,2-3,5-6H2,1H3,(H,14,15). The summed E-state index contributed by atoms with van der Waals surface area (Å²) in [6.45, 7) is 1.59. The van der Waals surface area contributed by atoms with E-state index in [9.17, 15) is 18.0 Å². The Morgan fingerprint density at radius 1 is 1.55 bits per heavy atom. The second-order valence-corrected chi connectivity index (χ2v) is 6.92. The molecule has 110 valence electrons. The number of aryl methyl sites for hydroxylation is 1. The van der Waals surface area contributed by atoms with Gasteiger partial charge >= 0.3 is 5.97 Å². The minimum atomic E-state index is -3.32. The lowest BCUT2D eigenvalue weighted by molar-refractivity contribution is -0.138. The van der Waals surface area contributed by atoms with Gasteiger partial charge in [0.05, 0.1) is 24.0 Å². The molecule has 2 heterocycles. The molecule has 0 radical (unpaired) electrons. The van der Waals surface area contributed by atoms with Crippen LogP contribution in [-0.4, -0.2) is 59.5 Å². The fraction of sp³-hybridized carbons (Fsp3) is 0.545. The van der Waals surface area contributed by atoms with Gasteiger partial charge in [0.15, 0.2) is 15.5 Å². The van der Waals surface area contributed by atoms with Crippen LogP contribution in [0.4, 0.5) is 0 Å². The Kier molecular flexibility index (Phi) is 3.80. The lowest BCUT2D eigenvalue weighted by Gasteiger charge is -2.34. The third-order valence-corrected chi connectivity index (χ3v) is 4.75. The molecule has 1 amide bonds. The number of carbonyl (C=O) groups excluding carboxylic acids is 1. The van der Waals surface area contributed by atoms with Gasteiger partial charge in [-0.2, -0.15) is 0 Å². The summed E-state index contributed by atoms with van der Waals surface area (Å²) >= 11 is 0. The summed E-state index contributed by atoms with van der Waals surface area (Å²) in [5.74, 6) is -1.73. The second kappa shape index (κ2) is 5.23. The van der Waals surface area contributed by atoms with Gasteiger partial charge in [0.25, 0.3) is 5.91 Å². The van der Waals surface area contributed by atoms with Gasteiger partial charge in [0.1, 0.15) is 5.76 Å². The first kappa shape index (κ1) is 14.5. The molecule has 0 aromatic carbocycles. The SMILES string of the molecule is Cc1cc(C(=O)N2CCS(=O)(=O)CC2CC(=O)O)no1. The normalized spacial score (nSPS) is 21.6. The van der Waals surface area contributed by atoms with Crippen LogP contribution < -0.4 is 0 Å². The number of aromatic nitrogens is 1. The van der Waals surface area contributed by atoms with Gasteiger partial charge in [-0.1, -0.05) is 5.16 Å². The maximum atomic E-state index is 12.2. The van der Waals surface area contributed by atoms with Crippen molar-refractivity contribution in [3.05, 3.63) is 17.5 Å². The summed E-state index contributed by atoms with van der Waals surface area (Å²) in [6.07, 6.45) is -0.415. The van der Waals surface area contributed by atoms with Crippen molar-refractivity contribution in [1.29, 1.82) is 0 Å². The second-order valence-electron chi connectivity index (χ2n) is 4.69. The summed E-state index contributed by atoms with van der Waals surface area (Å²) < 4.78 is 28.0. The maximum Gasteiger partial charge on any atom is 0.305 e. The molecule has 1 aromatic rings. The number of aliphatic carboxylic acids is 1. The Morgan fingerprint density at radius 3 is 2.80 bits per heavy atom. The van der Waals surface area contributed by atoms with Gasteiger partial charge < -0.3 is 14.5 Å². The number of carboxylic acids is 1. The Morgan fingerprint density at radius 2 is 2.25 bits per heavy atom. The van der Waals surface area contributed by atoms with Crippen molar-refractivity contribution in [1.82, 2.24) is 10.1 Å². The van der Waals surface area contributed by atoms with Crippen molar-refractivity contribution < 1.29 is 27.6 Å². The molecule has 1 atom stereocenters. The quantitative estimate of drug-likeness (QED) is 0.814. The van der Waals surface area contributed by atoms with E-state index in [0.29, 0.717) is 5.76 Å². The molecule has 0 spiro atoms. The van der Waals surface area contributed by atoms with Crippen LogP contribution in [0.15, 0.2) is 10.6 Å². The number of hydrogen-bond donors (Lipinski definition) is 1. The van der Waals surface area contributed by atoms with Crippen molar-refractivity contribution in [2.45, 2.75) is 19.4 Å². The summed E-state index contributed by atoms with van der Waals surface area (Å²) in [5, 5.41) is 12.4. The monoisotopic (exact) mass is 302 g/mol. The molecule has 0 aliphatic carbocycles. The maximum absolute atomic E-state index is 12.2. The minimum Gasteiger partial charge on any atom is -0.481 e. The molecule has 9 heteroatoms. The van der Waals surface area contributed by atoms with Crippen molar-refractivity contribution >= 4 is 21.7 Å². The van der Waals surface area contributed by atoms with Crippen molar-refractivity contribution in [3.8, 4) is 0 Å². The predicted octanol–water partition coefficient (Wildman–Crippen LogP) is -0.303. The van der Waals surface area contributed by atoms with Crippen LogP contribution in [0.3, 0.4) is 0 Å². The van der Waals surface area contributed by atoms with E-state index < -0.39 is 34.2 Å². The topological polar surface area (TPSA) is 118 Å². The minimum absolute atomic E-state index is 0.0367. The van der Waals surface area contributed by atoms with E-state index in [1.54, 1.807) is 6.92 Å². The first-order valence-corrected chi connectivity index (χ1v) is 7.77. The molecule has 0 saturated carbocycles. The summed E-state index contributed by atoms with van der Waals surface area (Å²) in [6, 6.07) is 0.555. The Balaban J connectivity index is 2.23. The molecule has 1 aromatic heterocycles. The van der Waals surface area contributed by atoms with Gasteiger partial charge in [-0.15, -0.1) is 0 Å². The van der Waals surface area contributed by atoms with Crippen LogP contribution in [0.1, 0.15) is 22.7 Å². The van der Waals surface area contributed by atoms with E-state index in [1.807, 2.05) is 0 Å². The third kappa shape index (κ3) is 3.16. The van der Waals surface area contributed by atoms with Crippen molar-refractivity contribution in [2.24, 2.45) is 0 Å². The van der Waals surface area contributed by atoms with Crippen molar-refractivity contribution in [3.63, 3.8) is 0 Å². The van der Waals surface area contributed by atoms with E-state index in [2.05, 4.69) is 5.16 Å². The summed E-state index contributed by atoms with van der Waals surface area (Å²) in [5.41, 5.74) is 0.0530. The number of carboxylic acid groups (broad SMARTS) is 1.